The maximum absolute atomic E-state index is 14.3. The Bertz CT molecular complexity index is 957. The summed E-state index contributed by atoms with van der Waals surface area (Å²) in [5.41, 5.74) is 1.24. The van der Waals surface area contributed by atoms with Gasteiger partial charge in [0.25, 0.3) is 0 Å². The minimum absolute atomic E-state index is 0.109. The molecular weight excluding hydrogens is 393 g/mol. The summed E-state index contributed by atoms with van der Waals surface area (Å²) in [5, 5.41) is 0. The third kappa shape index (κ3) is 4.03. The fraction of sp³-hybridized carbons (Fsp3) is 0.435. The number of anilines is 1. The first-order chi connectivity index (χ1) is 14.3. The van der Waals surface area contributed by atoms with Crippen LogP contribution in [0.4, 0.5) is 23.7 Å². The van der Waals surface area contributed by atoms with E-state index in [9.17, 15) is 18.0 Å². The van der Waals surface area contributed by atoms with E-state index in [2.05, 4.69) is 7.05 Å². The van der Waals surface area contributed by atoms with Crippen molar-refractivity contribution in [2.45, 2.75) is 32.4 Å². The Labute approximate surface area is 174 Å². The van der Waals surface area contributed by atoms with Gasteiger partial charge in [-0.05, 0) is 24.6 Å². The van der Waals surface area contributed by atoms with Crippen molar-refractivity contribution in [3.05, 3.63) is 65.0 Å². The molecule has 3 aliphatic rings. The number of carbonyl (C=O) groups is 1. The number of benzene rings is 2. The second kappa shape index (κ2) is 7.95. The van der Waals surface area contributed by atoms with Crippen molar-refractivity contribution in [1.82, 2.24) is 0 Å². The molecule has 30 heavy (non-hydrogen) atoms. The molecule has 3 aliphatic heterocycles. The van der Waals surface area contributed by atoms with Gasteiger partial charge in [-0.15, -0.1) is 0 Å². The van der Waals surface area contributed by atoms with E-state index in [4.69, 9.17) is 4.74 Å². The van der Waals surface area contributed by atoms with Gasteiger partial charge in [0, 0.05) is 30.4 Å². The zero-order valence-electron chi connectivity index (χ0n) is 17.2. The second-order valence-electron chi connectivity index (χ2n) is 8.74. The predicted molar refractivity (Wildman–Crippen MR) is 107 cm³/mol. The van der Waals surface area contributed by atoms with Crippen LogP contribution in [0.25, 0.3) is 0 Å². The van der Waals surface area contributed by atoms with E-state index >= 15 is 0 Å². The molecule has 2 aromatic carbocycles. The molecule has 0 aromatic heterocycles. The topological polar surface area (TPSA) is 29.5 Å². The number of quaternary nitrogens is 1. The summed E-state index contributed by atoms with van der Waals surface area (Å²) in [6, 6.07) is 8.47. The van der Waals surface area contributed by atoms with Gasteiger partial charge in [0.15, 0.2) is 17.7 Å². The summed E-state index contributed by atoms with van der Waals surface area (Å²) >= 11 is 0. The van der Waals surface area contributed by atoms with Crippen LogP contribution in [0, 0.1) is 30.3 Å². The average Bonchev–Trinajstić information content (AvgIpc) is 2.70. The van der Waals surface area contributed by atoms with Crippen molar-refractivity contribution in [2.75, 3.05) is 31.6 Å². The van der Waals surface area contributed by atoms with Crippen LogP contribution in [0.2, 0.25) is 0 Å². The number of fused-ring (bicyclic) bond motifs is 3. The minimum Gasteiger partial charge on any atom is -0.440 e. The Hall–Kier alpha value is -2.54. The molecular formula is C23H26F3N2O2+. The SMILES string of the molecule is Cc1ccccc1N(Cc1cc(F)c(F)cc1F)C(=O)O[C@H]1C[N+]2(C)CCC1CC2. The summed E-state index contributed by atoms with van der Waals surface area (Å²) in [4.78, 5) is 14.5. The molecule has 3 heterocycles. The van der Waals surface area contributed by atoms with Gasteiger partial charge in [-0.2, -0.15) is 0 Å². The molecule has 1 atom stereocenters. The molecule has 1 amide bonds. The Morgan fingerprint density at radius 1 is 1.10 bits per heavy atom. The number of aryl methyl sites for hydroxylation is 1. The third-order valence-electron chi connectivity index (χ3n) is 6.52. The van der Waals surface area contributed by atoms with Gasteiger partial charge in [-0.1, -0.05) is 18.2 Å². The number of piperidine rings is 3. The number of ether oxygens (including phenoxy) is 1. The van der Waals surface area contributed by atoms with Crippen LogP contribution >= 0.6 is 0 Å². The van der Waals surface area contributed by atoms with Crippen LogP contribution in [-0.4, -0.2) is 43.4 Å². The highest BCUT2D eigenvalue weighted by atomic mass is 19.2. The fourth-order valence-electron chi connectivity index (χ4n) is 4.65. The van der Waals surface area contributed by atoms with Crippen LogP contribution in [0.5, 0.6) is 0 Å². The summed E-state index contributed by atoms with van der Waals surface area (Å²) < 4.78 is 48.2. The molecule has 0 radical (unpaired) electrons. The number of likely N-dealkylation sites (N-methyl/N-ethyl adjacent to an activating group) is 1. The van der Waals surface area contributed by atoms with Gasteiger partial charge in [0.05, 0.1) is 32.4 Å². The van der Waals surface area contributed by atoms with Gasteiger partial charge >= 0.3 is 6.09 Å². The quantitative estimate of drug-likeness (QED) is 0.527. The summed E-state index contributed by atoms with van der Waals surface area (Å²) in [7, 11) is 2.17. The molecule has 5 rings (SSSR count). The third-order valence-corrected chi connectivity index (χ3v) is 6.52. The van der Waals surface area contributed by atoms with E-state index in [1.165, 1.54) is 4.90 Å². The van der Waals surface area contributed by atoms with Crippen molar-refractivity contribution in [3.63, 3.8) is 0 Å². The van der Waals surface area contributed by atoms with Crippen LogP contribution in [-0.2, 0) is 11.3 Å². The van der Waals surface area contributed by atoms with Crippen LogP contribution in [0.3, 0.4) is 0 Å². The lowest BCUT2D eigenvalue weighted by Crippen LogP contribution is -2.62. The minimum atomic E-state index is -1.26. The van der Waals surface area contributed by atoms with Crippen molar-refractivity contribution < 1.29 is 27.2 Å². The standard InChI is InChI=1S/C23H26F3N2O2/c1-15-5-3-4-6-21(15)27(13-17-11-19(25)20(26)12-18(17)24)23(29)30-22-14-28(2)9-7-16(22)8-10-28/h3-6,11-12,16,22H,7-10,13-14H2,1-2H3/q+1/t16?,22-,28?/m0/s1. The lowest BCUT2D eigenvalue weighted by molar-refractivity contribution is -0.928. The maximum Gasteiger partial charge on any atom is 0.415 e. The zero-order valence-corrected chi connectivity index (χ0v) is 17.2. The maximum atomic E-state index is 14.3. The summed E-state index contributed by atoms with van der Waals surface area (Å²) in [5.74, 6) is -2.99. The van der Waals surface area contributed by atoms with Crippen LogP contribution in [0.1, 0.15) is 24.0 Å². The Morgan fingerprint density at radius 2 is 1.77 bits per heavy atom. The smallest absolute Gasteiger partial charge is 0.415 e. The molecule has 0 N–H and O–H groups in total. The molecule has 7 heteroatoms. The molecule has 0 saturated carbocycles. The van der Waals surface area contributed by atoms with E-state index < -0.39 is 23.5 Å². The highest BCUT2D eigenvalue weighted by Crippen LogP contribution is 2.35. The Balaban J connectivity index is 1.62. The van der Waals surface area contributed by atoms with E-state index in [0.29, 0.717) is 17.7 Å². The highest BCUT2D eigenvalue weighted by Gasteiger charge is 2.45. The molecule has 0 spiro atoms. The van der Waals surface area contributed by atoms with Gasteiger partial charge in [-0.25, -0.2) is 18.0 Å². The normalized spacial score (nSPS) is 25.2. The summed E-state index contributed by atoms with van der Waals surface area (Å²) in [6.45, 7) is 4.51. The van der Waals surface area contributed by atoms with Crippen LogP contribution in [0.15, 0.2) is 36.4 Å². The molecule has 3 saturated heterocycles. The number of nitrogens with zero attached hydrogens (tertiary/aromatic N) is 2. The number of halogens is 3. The molecule has 3 fully saturated rings. The van der Waals surface area contributed by atoms with Crippen molar-refractivity contribution in [1.29, 1.82) is 0 Å². The Kier molecular flexibility index (Phi) is 5.49. The molecule has 0 aliphatic carbocycles. The number of para-hydroxylation sites is 1. The number of carbonyl (C=O) groups excluding carboxylic acids is 1. The number of amides is 1. The number of rotatable bonds is 4. The van der Waals surface area contributed by atoms with Crippen LogP contribution < -0.4 is 4.90 Å². The average molecular weight is 419 g/mol. The second-order valence-corrected chi connectivity index (χ2v) is 8.74. The van der Waals surface area contributed by atoms with E-state index in [1.807, 2.05) is 19.1 Å². The van der Waals surface area contributed by atoms with Crippen molar-refractivity contribution >= 4 is 11.8 Å². The van der Waals surface area contributed by atoms with Crippen molar-refractivity contribution in [3.8, 4) is 0 Å². The lowest BCUT2D eigenvalue weighted by Gasteiger charge is -2.49. The number of hydrogen-bond donors (Lipinski definition) is 0. The lowest BCUT2D eigenvalue weighted by atomic mass is 9.84. The molecule has 4 nitrogen and oxygen atoms in total. The van der Waals surface area contributed by atoms with Gasteiger partial charge in [0.1, 0.15) is 12.4 Å². The zero-order chi connectivity index (χ0) is 21.5. The molecule has 0 unspecified atom stereocenters. The van der Waals surface area contributed by atoms with Gasteiger partial charge in [0.2, 0.25) is 0 Å². The summed E-state index contributed by atoms with van der Waals surface area (Å²) in [6.07, 6.45) is 1.22. The number of hydrogen-bond acceptors (Lipinski definition) is 2. The van der Waals surface area contributed by atoms with E-state index in [1.54, 1.807) is 12.1 Å². The van der Waals surface area contributed by atoms with Gasteiger partial charge < -0.3 is 9.22 Å². The van der Waals surface area contributed by atoms with Crippen molar-refractivity contribution in [2.24, 2.45) is 5.92 Å². The molecule has 160 valence electrons. The largest absolute Gasteiger partial charge is 0.440 e. The van der Waals surface area contributed by atoms with Gasteiger partial charge in [-0.3, -0.25) is 4.90 Å². The highest BCUT2D eigenvalue weighted by molar-refractivity contribution is 5.88. The molecule has 2 bridgehead atoms. The first kappa shape index (κ1) is 20.7. The first-order valence-electron chi connectivity index (χ1n) is 10.3. The first-order valence-corrected chi connectivity index (χ1v) is 10.3. The van der Waals surface area contributed by atoms with E-state index in [0.717, 1.165) is 48.6 Å². The predicted octanol–water partition coefficient (Wildman–Crippen LogP) is 4.79. The molecule has 2 aromatic rings. The van der Waals surface area contributed by atoms with E-state index in [-0.39, 0.29) is 18.2 Å². The monoisotopic (exact) mass is 419 g/mol. The Morgan fingerprint density at radius 3 is 2.43 bits per heavy atom. The fourth-order valence-corrected chi connectivity index (χ4v) is 4.65.